The van der Waals surface area contributed by atoms with E-state index in [0.29, 0.717) is 12.0 Å². The standard InChI is InChI=1S/C91H147N23O33/c1-15-46(10)72(88(144)107-57(39-116)80(136)98-37-69(129)130)110-66(124)36-96-78(134)55(31-51-22-19-18-20-23-51)100-63(121)33-93-62(120)32-94-79(135)56(38-115)105-84(140)60(42-119)108-90(146)74(48(12)17-3)113-86(142)61-24-21-29-114(61)91(147)71(45(8)9)109-65(123)35-95-77(133)52(25-27-67(125)126)102-81(137)53(26-28-68(127)128)103-83(139)59(41-118)106-82(138)54(30-43(4)5)104-89(145)73(47(11)16-2)112-85(141)58(40-117)101-64(122)34-97-87(143)70(44(6)7)111-76(132)50(14)99-75(131)49(13)92/h18-20,22-23,43-50,52-61,70-74,115-119H,15-17,21,24-42,92H2,1-14H3,(H,93,120)(H,94,135)(H,95,133)(H,96,134)(H,97,143)(H,98,136)(H,99,131)(H,100,121)(H,101,122)(H,102,137)(H,103,139)(H,104,145)(H,105,140)(H,106,138)(H,107,144)(H,108,146)(H,109,123)(H,110,124)(H,111,132)(H,112,141)(H,113,142)(H,125,126)(H,127,128)(H,129,130)/t46-,47-,48-,49-,50-,52-,53-,54-,55-,56-,57-,58-,59-,60-,61-,70-,71-,72-,73-,74-/m0/s1. The fraction of sp³-hybridized carbons (Fsp3) is 0.659. The molecule has 1 aliphatic rings. The quantitative estimate of drug-likeness (QED) is 0.0288. The predicted octanol–water partition coefficient (Wildman–Crippen LogP) is -12.2. The number of carboxylic acid groups (broad SMARTS) is 3. The molecule has 0 aliphatic carbocycles. The molecule has 0 radical (unpaired) electrons. The zero-order valence-electron chi connectivity index (χ0n) is 84.7. The van der Waals surface area contributed by atoms with Crippen LogP contribution in [0.5, 0.6) is 0 Å². The average molecular weight is 2090 g/mol. The van der Waals surface area contributed by atoms with E-state index < -0.39 is 384 Å². The summed E-state index contributed by atoms with van der Waals surface area (Å²) in [5, 5.41) is 128. The minimum Gasteiger partial charge on any atom is -0.481 e. The van der Waals surface area contributed by atoms with Crippen LogP contribution in [0, 0.1) is 35.5 Å². The number of likely N-dealkylation sites (tertiary alicyclic amines) is 1. The van der Waals surface area contributed by atoms with Crippen LogP contribution in [0.3, 0.4) is 0 Å². The maximum Gasteiger partial charge on any atom is 0.322 e. The van der Waals surface area contributed by atoms with Crippen molar-refractivity contribution in [2.45, 2.75) is 270 Å². The summed E-state index contributed by atoms with van der Waals surface area (Å²) >= 11 is 0. The van der Waals surface area contributed by atoms with Crippen molar-refractivity contribution >= 4 is 148 Å². The molecule has 1 saturated heterocycles. The Morgan fingerprint density at radius 1 is 0.327 bits per heavy atom. The molecule has 0 bridgehead atoms. The van der Waals surface area contributed by atoms with Crippen molar-refractivity contribution in [1.82, 2.24) is 117 Å². The number of aliphatic hydroxyl groups is 5. The first-order chi connectivity index (χ1) is 69.1. The van der Waals surface area contributed by atoms with Crippen LogP contribution in [-0.4, -0.2) is 375 Å². The van der Waals surface area contributed by atoms with Gasteiger partial charge in [0.05, 0.1) is 71.8 Å². The zero-order valence-corrected chi connectivity index (χ0v) is 84.7. The highest BCUT2D eigenvalue weighted by atomic mass is 16.4. The number of nitrogens with one attached hydrogen (secondary N) is 21. The lowest BCUT2D eigenvalue weighted by atomic mass is 9.96. The van der Waals surface area contributed by atoms with Gasteiger partial charge in [0, 0.05) is 25.8 Å². The summed E-state index contributed by atoms with van der Waals surface area (Å²) in [4.78, 5) is 334. The molecule has 56 nitrogen and oxygen atoms in total. The van der Waals surface area contributed by atoms with Gasteiger partial charge in [-0.15, -0.1) is 0 Å². The Morgan fingerprint density at radius 3 is 1.09 bits per heavy atom. The van der Waals surface area contributed by atoms with Crippen molar-refractivity contribution < 1.29 is 161 Å². The minimum absolute atomic E-state index is 0.00168. The Morgan fingerprint density at radius 2 is 0.660 bits per heavy atom. The number of carboxylic acids is 3. The van der Waals surface area contributed by atoms with Gasteiger partial charge in [0.25, 0.3) is 0 Å². The smallest absolute Gasteiger partial charge is 0.322 e. The Hall–Kier alpha value is -14.3. The maximum absolute atomic E-state index is 14.5. The molecule has 0 unspecified atom stereocenters. The van der Waals surface area contributed by atoms with Gasteiger partial charge < -0.3 is 163 Å². The molecule has 56 heteroatoms. The summed E-state index contributed by atoms with van der Waals surface area (Å²) < 4.78 is 0. The summed E-state index contributed by atoms with van der Waals surface area (Å²) in [7, 11) is 0. The van der Waals surface area contributed by atoms with Gasteiger partial charge in [0.1, 0.15) is 103 Å². The SMILES string of the molecule is CC[C@H](C)[C@H](NC(=O)CNC(=O)[C@H](Cc1ccccc1)NC(=O)CNC(=O)CNC(=O)[C@H](CO)NC(=O)[C@H](CO)NC(=O)[C@@H](NC(=O)[C@@H]1CCCN1C(=O)[C@@H](NC(=O)CNC(=O)[C@H](CCC(=O)O)NC(=O)[C@H](CCC(=O)O)NC(=O)[C@H](CO)NC(=O)[C@H](CC(C)C)NC(=O)[C@@H](NC(=O)[C@H](CO)NC(=O)CNC(=O)[C@@H](NC(=O)[C@H](C)NC(=O)[C@H](C)N)C(C)C)[C@@H](C)CC)C(C)C)[C@@H](C)CC)C(=O)N[C@@H](CO)C(=O)NCC(=O)O. The number of rotatable bonds is 67. The van der Waals surface area contributed by atoms with E-state index in [2.05, 4.69) is 106 Å². The van der Waals surface area contributed by atoms with Crippen molar-refractivity contribution in [1.29, 1.82) is 0 Å². The Labute approximate surface area is 847 Å². The third-order valence-corrected chi connectivity index (χ3v) is 23.4. The zero-order chi connectivity index (χ0) is 112. The average Bonchev–Trinajstić information content (AvgIpc) is 1.70. The molecule has 31 N–H and O–H groups in total. The molecule has 22 amide bonds. The highest BCUT2D eigenvalue weighted by Crippen LogP contribution is 2.23. The number of carbonyl (C=O) groups excluding carboxylic acids is 22. The highest BCUT2D eigenvalue weighted by Gasteiger charge is 2.44. The number of aliphatic hydroxyl groups excluding tert-OH is 5. The van der Waals surface area contributed by atoms with Crippen molar-refractivity contribution in [3.05, 3.63) is 35.9 Å². The molecular formula is C91H147N23O33. The van der Waals surface area contributed by atoms with Crippen LogP contribution >= 0.6 is 0 Å². The van der Waals surface area contributed by atoms with Gasteiger partial charge in [-0.25, -0.2) is 0 Å². The first-order valence-electron chi connectivity index (χ1n) is 48.0. The van der Waals surface area contributed by atoms with Gasteiger partial charge in [0.2, 0.25) is 130 Å². The lowest BCUT2D eigenvalue weighted by Crippen LogP contribution is -2.61. The van der Waals surface area contributed by atoms with Crippen LogP contribution in [0.2, 0.25) is 0 Å². The van der Waals surface area contributed by atoms with Crippen LogP contribution in [0.4, 0.5) is 0 Å². The molecule has 1 aromatic carbocycles. The first-order valence-corrected chi connectivity index (χ1v) is 48.0. The largest absolute Gasteiger partial charge is 0.481 e. The predicted molar refractivity (Wildman–Crippen MR) is 516 cm³/mol. The highest BCUT2D eigenvalue weighted by molar-refractivity contribution is 6.02. The van der Waals surface area contributed by atoms with Gasteiger partial charge in [-0.05, 0) is 87.0 Å². The second kappa shape index (κ2) is 66.0. The van der Waals surface area contributed by atoms with Crippen LogP contribution in [0.15, 0.2) is 30.3 Å². The van der Waals surface area contributed by atoms with Crippen LogP contribution in [0.1, 0.15) is 167 Å². The van der Waals surface area contributed by atoms with Crippen molar-refractivity contribution in [2.75, 3.05) is 78.8 Å². The molecule has 824 valence electrons. The number of benzene rings is 1. The minimum atomic E-state index is -1.99. The van der Waals surface area contributed by atoms with E-state index in [9.17, 15) is 156 Å². The summed E-state index contributed by atoms with van der Waals surface area (Å²) in [6.45, 7) is 11.2. The molecule has 20 atom stereocenters. The molecule has 1 aromatic rings. The fourth-order valence-electron chi connectivity index (χ4n) is 14.1. The van der Waals surface area contributed by atoms with E-state index in [1.807, 2.05) is 5.32 Å². The van der Waals surface area contributed by atoms with E-state index >= 15 is 0 Å². The number of nitrogens with zero attached hydrogens (tertiary/aromatic N) is 1. The van der Waals surface area contributed by atoms with Crippen molar-refractivity contribution in [3.8, 4) is 0 Å². The van der Waals surface area contributed by atoms with E-state index in [0.717, 1.165) is 4.90 Å². The summed E-state index contributed by atoms with van der Waals surface area (Å²) in [6.07, 6.45) is -2.59. The van der Waals surface area contributed by atoms with Crippen LogP contribution < -0.4 is 117 Å². The van der Waals surface area contributed by atoms with Gasteiger partial charge in [0.15, 0.2) is 0 Å². The van der Waals surface area contributed by atoms with E-state index in [1.54, 1.807) is 85.7 Å². The lowest BCUT2D eigenvalue weighted by Gasteiger charge is -2.32. The van der Waals surface area contributed by atoms with Gasteiger partial charge in [-0.2, -0.15) is 0 Å². The molecule has 1 aliphatic heterocycles. The van der Waals surface area contributed by atoms with Gasteiger partial charge in [-0.3, -0.25) is 120 Å². The Bertz CT molecular complexity index is 4700. The van der Waals surface area contributed by atoms with E-state index in [-0.39, 0.29) is 45.1 Å². The van der Waals surface area contributed by atoms with Gasteiger partial charge >= 0.3 is 17.9 Å². The molecular weight excluding hydrogens is 1940 g/mol. The van der Waals surface area contributed by atoms with Crippen molar-refractivity contribution in [2.24, 2.45) is 41.2 Å². The molecule has 0 spiro atoms. The second-order valence-corrected chi connectivity index (χ2v) is 36.4. The van der Waals surface area contributed by atoms with Crippen LogP contribution in [0.25, 0.3) is 0 Å². The van der Waals surface area contributed by atoms with Gasteiger partial charge in [-0.1, -0.05) is 133 Å². The summed E-state index contributed by atoms with van der Waals surface area (Å²) in [5.74, 6) is -30.6. The van der Waals surface area contributed by atoms with Crippen molar-refractivity contribution in [3.63, 3.8) is 0 Å². The fourth-order valence-corrected chi connectivity index (χ4v) is 14.1. The molecule has 2 rings (SSSR count). The molecule has 0 saturated carbocycles. The summed E-state index contributed by atoms with van der Waals surface area (Å²) in [5.41, 5.74) is 6.09. The number of aliphatic carboxylic acids is 3. The number of hydrogen-bond acceptors (Lipinski definition) is 31. The molecule has 147 heavy (non-hydrogen) atoms. The third-order valence-electron chi connectivity index (χ3n) is 23.4. The maximum atomic E-state index is 14.5. The Balaban J connectivity index is 2.21. The normalized spacial score (nSPS) is 16.0. The number of hydrogen-bond donors (Lipinski definition) is 30. The summed E-state index contributed by atoms with van der Waals surface area (Å²) in [6, 6.07) is -18.1. The molecule has 1 heterocycles. The third kappa shape index (κ3) is 45.9. The van der Waals surface area contributed by atoms with Crippen LogP contribution in [-0.2, 0) is 126 Å². The van der Waals surface area contributed by atoms with E-state index in [4.69, 9.17) is 10.8 Å². The monoisotopic (exact) mass is 2090 g/mol. The van der Waals surface area contributed by atoms with E-state index in [1.165, 1.54) is 41.5 Å². The molecule has 0 aromatic heterocycles. The second-order valence-electron chi connectivity index (χ2n) is 36.4. The first kappa shape index (κ1) is 129. The topological polar surface area (TPSA) is 870 Å². The Kier molecular flexibility index (Phi) is 57.8. The number of nitrogens with two attached hydrogens (primary N) is 1. The number of amides is 22. The number of carbonyl (C=O) groups is 25. The lowest BCUT2D eigenvalue weighted by molar-refractivity contribution is -0.143. The molecule has 1 fully saturated rings.